The number of hydrogen-bond donors (Lipinski definition) is 3. The van der Waals surface area contributed by atoms with Gasteiger partial charge < -0.3 is 20.7 Å². The summed E-state index contributed by atoms with van der Waals surface area (Å²) in [4.78, 5) is 25.4. The average Bonchev–Trinajstić information content (AvgIpc) is 2.62. The van der Waals surface area contributed by atoms with Gasteiger partial charge in [0.25, 0.3) is 11.8 Å². The first-order chi connectivity index (χ1) is 14.4. The van der Waals surface area contributed by atoms with Crippen LogP contribution in [0.5, 0.6) is 5.75 Å². The maximum absolute atomic E-state index is 13.3. The summed E-state index contributed by atoms with van der Waals surface area (Å²) in [6.45, 7) is 12.3. The molecule has 2 aromatic rings. The molecule has 31 heavy (non-hydrogen) atoms. The van der Waals surface area contributed by atoms with Crippen LogP contribution in [0.1, 0.15) is 64.7 Å². The van der Waals surface area contributed by atoms with Crippen molar-refractivity contribution in [2.75, 3.05) is 6.61 Å². The van der Waals surface area contributed by atoms with E-state index in [0.717, 1.165) is 23.6 Å². The minimum atomic E-state index is -0.212. The van der Waals surface area contributed by atoms with Crippen molar-refractivity contribution in [2.24, 2.45) is 0 Å². The second kappa shape index (κ2) is 8.87. The Labute approximate surface area is 185 Å². The Balaban J connectivity index is 1.85. The highest BCUT2D eigenvalue weighted by Crippen LogP contribution is 2.30. The fraction of sp³-hybridized carbons (Fsp3) is 0.520. The predicted molar refractivity (Wildman–Crippen MR) is 125 cm³/mol. The second-order valence-electron chi connectivity index (χ2n) is 10.2. The molecule has 3 rings (SSSR count). The van der Waals surface area contributed by atoms with E-state index in [1.165, 1.54) is 0 Å². The van der Waals surface area contributed by atoms with E-state index >= 15 is 0 Å². The molecule has 0 aliphatic carbocycles. The lowest BCUT2D eigenvalue weighted by Crippen LogP contribution is -2.62. The molecule has 0 aromatic heterocycles. The van der Waals surface area contributed by atoms with Crippen molar-refractivity contribution in [3.05, 3.63) is 42.0 Å². The number of carbonyl (C=O) groups excluding carboxylic acids is 2. The van der Waals surface area contributed by atoms with E-state index in [-0.39, 0.29) is 41.6 Å². The van der Waals surface area contributed by atoms with Crippen LogP contribution in [0.2, 0.25) is 0 Å². The molecule has 1 aliphatic heterocycles. The van der Waals surface area contributed by atoms with Gasteiger partial charge in [-0.15, -0.1) is 0 Å². The van der Waals surface area contributed by atoms with Gasteiger partial charge >= 0.3 is 0 Å². The molecule has 6 nitrogen and oxygen atoms in total. The zero-order valence-corrected chi connectivity index (χ0v) is 19.5. The standard InChI is InChI=1S/C25H35N3O3/c1-16(2)26-22(29)15-31-21-12-18-10-8-7-9-17(18)11-20(21)23(30)27-19-13-24(3,4)28-25(5,6)14-19/h7-12,16,19,28H,13-15H2,1-6H3,(H,26,29)(H,27,30). The number of ether oxygens (including phenoxy) is 1. The van der Waals surface area contributed by atoms with Crippen LogP contribution in [-0.4, -0.2) is 41.6 Å². The lowest BCUT2D eigenvalue weighted by Gasteiger charge is -2.46. The Morgan fingerprint density at radius 3 is 2.23 bits per heavy atom. The van der Waals surface area contributed by atoms with Gasteiger partial charge in [-0.1, -0.05) is 24.3 Å². The molecule has 0 unspecified atom stereocenters. The highest BCUT2D eigenvalue weighted by atomic mass is 16.5. The maximum Gasteiger partial charge on any atom is 0.258 e. The summed E-state index contributed by atoms with van der Waals surface area (Å²) in [5, 5.41) is 11.6. The number of amides is 2. The van der Waals surface area contributed by atoms with Gasteiger partial charge in [-0.2, -0.15) is 0 Å². The highest BCUT2D eigenvalue weighted by Gasteiger charge is 2.38. The fourth-order valence-electron chi connectivity index (χ4n) is 4.71. The van der Waals surface area contributed by atoms with Crippen molar-refractivity contribution < 1.29 is 14.3 Å². The third-order valence-corrected chi connectivity index (χ3v) is 5.43. The Morgan fingerprint density at radius 1 is 1.06 bits per heavy atom. The van der Waals surface area contributed by atoms with Gasteiger partial charge in [-0.05, 0) is 77.3 Å². The minimum Gasteiger partial charge on any atom is -0.483 e. The van der Waals surface area contributed by atoms with Gasteiger partial charge in [0.1, 0.15) is 5.75 Å². The number of benzene rings is 2. The summed E-state index contributed by atoms with van der Waals surface area (Å²) in [6, 6.07) is 11.6. The van der Waals surface area contributed by atoms with Crippen LogP contribution in [0.4, 0.5) is 0 Å². The van der Waals surface area contributed by atoms with Crippen molar-refractivity contribution in [2.45, 2.75) is 77.5 Å². The van der Waals surface area contributed by atoms with E-state index in [0.29, 0.717) is 11.3 Å². The van der Waals surface area contributed by atoms with E-state index in [1.54, 1.807) is 0 Å². The molecule has 168 valence electrons. The van der Waals surface area contributed by atoms with Gasteiger partial charge in [0, 0.05) is 23.2 Å². The minimum absolute atomic E-state index is 0.0297. The molecule has 0 bridgehead atoms. The lowest BCUT2D eigenvalue weighted by atomic mass is 9.79. The van der Waals surface area contributed by atoms with Crippen LogP contribution >= 0.6 is 0 Å². The number of hydrogen-bond acceptors (Lipinski definition) is 4. The molecule has 1 aliphatic rings. The van der Waals surface area contributed by atoms with E-state index in [9.17, 15) is 9.59 Å². The zero-order valence-electron chi connectivity index (χ0n) is 19.5. The van der Waals surface area contributed by atoms with Crippen molar-refractivity contribution in [1.82, 2.24) is 16.0 Å². The Hall–Kier alpha value is -2.60. The average molecular weight is 426 g/mol. The molecular formula is C25H35N3O3. The largest absolute Gasteiger partial charge is 0.483 e. The number of fused-ring (bicyclic) bond motifs is 1. The van der Waals surface area contributed by atoms with E-state index in [2.05, 4.69) is 43.6 Å². The van der Waals surface area contributed by atoms with Gasteiger partial charge in [0.2, 0.25) is 0 Å². The molecule has 2 amide bonds. The molecule has 0 saturated carbocycles. The molecule has 0 radical (unpaired) electrons. The Bertz CT molecular complexity index is 950. The number of carbonyl (C=O) groups is 2. The summed E-state index contributed by atoms with van der Waals surface area (Å²) in [5.74, 6) is 0.0300. The number of nitrogens with one attached hydrogen (secondary N) is 3. The van der Waals surface area contributed by atoms with E-state index in [1.807, 2.05) is 50.2 Å². The predicted octanol–water partition coefficient (Wildman–Crippen LogP) is 3.78. The molecule has 1 heterocycles. The van der Waals surface area contributed by atoms with E-state index < -0.39 is 0 Å². The summed E-state index contributed by atoms with van der Waals surface area (Å²) < 4.78 is 5.81. The first-order valence-corrected chi connectivity index (χ1v) is 11.0. The second-order valence-corrected chi connectivity index (χ2v) is 10.2. The normalized spacial score (nSPS) is 18.0. The molecule has 1 fully saturated rings. The molecule has 3 N–H and O–H groups in total. The van der Waals surface area contributed by atoms with Crippen LogP contribution in [0.25, 0.3) is 10.8 Å². The smallest absolute Gasteiger partial charge is 0.258 e. The van der Waals surface area contributed by atoms with Gasteiger partial charge in [0.15, 0.2) is 6.61 Å². The molecule has 0 spiro atoms. The zero-order chi connectivity index (χ0) is 22.8. The topological polar surface area (TPSA) is 79.5 Å². The molecule has 1 saturated heterocycles. The number of piperidine rings is 1. The van der Waals surface area contributed by atoms with Crippen LogP contribution < -0.4 is 20.7 Å². The quantitative estimate of drug-likeness (QED) is 0.658. The summed E-state index contributed by atoms with van der Waals surface area (Å²) >= 11 is 0. The Kier molecular flexibility index (Phi) is 6.60. The first-order valence-electron chi connectivity index (χ1n) is 11.0. The van der Waals surface area contributed by atoms with Crippen LogP contribution in [0.15, 0.2) is 36.4 Å². The highest BCUT2D eigenvalue weighted by molar-refractivity contribution is 6.02. The van der Waals surface area contributed by atoms with Crippen molar-refractivity contribution in [3.8, 4) is 5.75 Å². The molecule has 2 aromatic carbocycles. The SMILES string of the molecule is CC(C)NC(=O)COc1cc2ccccc2cc1C(=O)NC1CC(C)(C)NC(C)(C)C1. The monoisotopic (exact) mass is 425 g/mol. The third kappa shape index (κ3) is 6.20. The number of rotatable bonds is 6. The van der Waals surface area contributed by atoms with Crippen LogP contribution in [0, 0.1) is 0 Å². The molecule has 0 atom stereocenters. The lowest BCUT2D eigenvalue weighted by molar-refractivity contribution is -0.123. The molecule has 6 heteroatoms. The van der Waals surface area contributed by atoms with Crippen LogP contribution in [-0.2, 0) is 4.79 Å². The van der Waals surface area contributed by atoms with Gasteiger partial charge in [-0.3, -0.25) is 9.59 Å². The molecular weight excluding hydrogens is 390 g/mol. The van der Waals surface area contributed by atoms with Crippen molar-refractivity contribution in [1.29, 1.82) is 0 Å². The van der Waals surface area contributed by atoms with Gasteiger partial charge in [-0.25, -0.2) is 0 Å². The summed E-state index contributed by atoms with van der Waals surface area (Å²) in [6.07, 6.45) is 1.67. The third-order valence-electron chi connectivity index (χ3n) is 5.43. The maximum atomic E-state index is 13.3. The van der Waals surface area contributed by atoms with E-state index in [4.69, 9.17) is 4.74 Å². The first kappa shape index (κ1) is 23.1. The van der Waals surface area contributed by atoms with Crippen LogP contribution in [0.3, 0.4) is 0 Å². The summed E-state index contributed by atoms with van der Waals surface area (Å²) in [5.41, 5.74) is 0.305. The van der Waals surface area contributed by atoms with Gasteiger partial charge in [0.05, 0.1) is 5.56 Å². The fourth-order valence-corrected chi connectivity index (χ4v) is 4.71. The summed E-state index contributed by atoms with van der Waals surface area (Å²) in [7, 11) is 0. The van der Waals surface area contributed by atoms with Crippen molar-refractivity contribution in [3.63, 3.8) is 0 Å². The Morgan fingerprint density at radius 2 is 1.65 bits per heavy atom. The van der Waals surface area contributed by atoms with Crippen molar-refractivity contribution >= 4 is 22.6 Å².